The van der Waals surface area contributed by atoms with Crippen LogP contribution in [0, 0.1) is 0 Å². The van der Waals surface area contributed by atoms with Crippen LogP contribution in [-0.4, -0.2) is 47.6 Å². The first-order valence-corrected chi connectivity index (χ1v) is 5.49. The van der Waals surface area contributed by atoms with Crippen molar-refractivity contribution in [2.75, 3.05) is 20.2 Å². The minimum absolute atomic E-state index is 0.0551. The lowest BCUT2D eigenvalue weighted by Gasteiger charge is -2.26. The molecule has 0 saturated heterocycles. The average molecular weight is 233 g/mol. The maximum atomic E-state index is 11.1. The Morgan fingerprint density at radius 3 is 2.31 bits per heavy atom. The van der Waals surface area contributed by atoms with Gasteiger partial charge >= 0.3 is 5.97 Å². The third-order valence-corrected chi connectivity index (χ3v) is 2.39. The van der Waals surface area contributed by atoms with E-state index >= 15 is 0 Å². The maximum absolute atomic E-state index is 11.1. The molecule has 0 amide bonds. The largest absolute Gasteiger partial charge is 0.467 e. The van der Waals surface area contributed by atoms with Gasteiger partial charge in [0.15, 0.2) is 5.60 Å². The molecule has 0 aromatic heterocycles. The number of carbonyl (C=O) groups is 1. The molecule has 0 aliphatic rings. The smallest absolute Gasteiger partial charge is 0.338 e. The summed E-state index contributed by atoms with van der Waals surface area (Å²) in [6.45, 7) is 5.46. The second kappa shape index (κ2) is 6.18. The molecular weight excluding hydrogens is 210 g/mol. The van der Waals surface area contributed by atoms with Gasteiger partial charge in [-0.1, -0.05) is 13.3 Å². The molecule has 0 rings (SSSR count). The molecule has 0 aromatic rings. The maximum Gasteiger partial charge on any atom is 0.338 e. The highest BCUT2D eigenvalue weighted by Crippen LogP contribution is 2.11. The molecule has 2 atom stereocenters. The fourth-order valence-corrected chi connectivity index (χ4v) is 1.49. The van der Waals surface area contributed by atoms with Crippen LogP contribution in [0.15, 0.2) is 0 Å². The first kappa shape index (κ1) is 15.3. The Morgan fingerprint density at radius 1 is 1.31 bits per heavy atom. The molecular formula is C11H23NO4. The summed E-state index contributed by atoms with van der Waals surface area (Å²) in [6, 6.07) is 0. The zero-order valence-corrected chi connectivity index (χ0v) is 10.5. The predicted molar refractivity (Wildman–Crippen MR) is 61.0 cm³/mol. The van der Waals surface area contributed by atoms with Crippen LogP contribution < -0.4 is 5.32 Å². The minimum Gasteiger partial charge on any atom is -0.467 e. The Bertz CT molecular complexity index is 226. The standard InChI is InChI=1S/C11H23NO4/c1-5-6-10(2,14)7-12-8-11(3,15)9(13)16-4/h12,14-15H,5-8H2,1-4H3. The molecule has 3 N–H and O–H groups in total. The third-order valence-electron chi connectivity index (χ3n) is 2.39. The fourth-order valence-electron chi connectivity index (χ4n) is 1.49. The van der Waals surface area contributed by atoms with E-state index in [4.69, 9.17) is 0 Å². The Morgan fingerprint density at radius 2 is 1.88 bits per heavy atom. The lowest BCUT2D eigenvalue weighted by atomic mass is 10.00. The van der Waals surface area contributed by atoms with Crippen molar-refractivity contribution in [1.82, 2.24) is 5.32 Å². The summed E-state index contributed by atoms with van der Waals surface area (Å²) in [5.41, 5.74) is -2.38. The number of nitrogens with one attached hydrogen (secondary N) is 1. The SMILES string of the molecule is CCCC(C)(O)CNCC(C)(O)C(=O)OC. The quantitative estimate of drug-likeness (QED) is 0.542. The van der Waals surface area contributed by atoms with E-state index in [2.05, 4.69) is 10.1 Å². The van der Waals surface area contributed by atoms with Gasteiger partial charge in [0, 0.05) is 13.1 Å². The van der Waals surface area contributed by atoms with Gasteiger partial charge in [-0.25, -0.2) is 4.79 Å². The summed E-state index contributed by atoms with van der Waals surface area (Å²) in [4.78, 5) is 11.1. The van der Waals surface area contributed by atoms with Crippen molar-refractivity contribution in [2.24, 2.45) is 0 Å². The molecule has 5 nitrogen and oxygen atoms in total. The molecule has 2 unspecified atom stereocenters. The number of ether oxygens (including phenoxy) is 1. The van der Waals surface area contributed by atoms with Gasteiger partial charge < -0.3 is 20.3 Å². The highest BCUT2D eigenvalue weighted by atomic mass is 16.5. The van der Waals surface area contributed by atoms with Crippen LogP contribution in [0.1, 0.15) is 33.6 Å². The van der Waals surface area contributed by atoms with E-state index < -0.39 is 17.2 Å². The third kappa shape index (κ3) is 5.44. The van der Waals surface area contributed by atoms with E-state index in [9.17, 15) is 15.0 Å². The van der Waals surface area contributed by atoms with Crippen molar-refractivity contribution in [1.29, 1.82) is 0 Å². The molecule has 0 bridgehead atoms. The Labute approximate surface area is 96.8 Å². The molecule has 0 fully saturated rings. The van der Waals surface area contributed by atoms with E-state index in [1.54, 1.807) is 6.92 Å². The molecule has 96 valence electrons. The van der Waals surface area contributed by atoms with Crippen molar-refractivity contribution >= 4 is 5.97 Å². The number of methoxy groups -OCH3 is 1. The van der Waals surface area contributed by atoms with Gasteiger partial charge in [0.2, 0.25) is 0 Å². The molecule has 0 radical (unpaired) electrons. The summed E-state index contributed by atoms with van der Waals surface area (Å²) < 4.78 is 4.45. The summed E-state index contributed by atoms with van der Waals surface area (Å²) in [5.74, 6) is -0.685. The summed E-state index contributed by atoms with van der Waals surface area (Å²) in [7, 11) is 1.23. The van der Waals surface area contributed by atoms with Crippen LogP contribution in [0.25, 0.3) is 0 Å². The zero-order valence-electron chi connectivity index (χ0n) is 10.5. The molecule has 5 heteroatoms. The van der Waals surface area contributed by atoms with Crippen LogP contribution in [0.4, 0.5) is 0 Å². The first-order chi connectivity index (χ1) is 7.25. The number of aliphatic hydroxyl groups is 2. The monoisotopic (exact) mass is 233 g/mol. The number of rotatable bonds is 7. The second-order valence-electron chi connectivity index (χ2n) is 4.62. The number of hydrogen-bond donors (Lipinski definition) is 3. The summed E-state index contributed by atoms with van der Waals surface area (Å²) in [5, 5.41) is 22.4. The number of hydrogen-bond acceptors (Lipinski definition) is 5. The van der Waals surface area contributed by atoms with Gasteiger partial charge in [0.1, 0.15) is 0 Å². The van der Waals surface area contributed by atoms with E-state index in [-0.39, 0.29) is 6.54 Å². The Hall–Kier alpha value is -0.650. The topological polar surface area (TPSA) is 78.8 Å². The van der Waals surface area contributed by atoms with Crippen molar-refractivity contribution < 1.29 is 19.7 Å². The summed E-state index contributed by atoms with van der Waals surface area (Å²) >= 11 is 0. The molecule has 0 aromatic carbocycles. The Kier molecular flexibility index (Phi) is 5.92. The molecule has 0 saturated carbocycles. The van der Waals surface area contributed by atoms with Gasteiger partial charge in [0.05, 0.1) is 12.7 Å². The van der Waals surface area contributed by atoms with Gasteiger partial charge in [-0.2, -0.15) is 0 Å². The Balaban J connectivity index is 4.02. The average Bonchev–Trinajstić information content (AvgIpc) is 2.15. The van der Waals surface area contributed by atoms with E-state index in [1.807, 2.05) is 6.92 Å². The molecule has 0 spiro atoms. The molecule has 0 aliphatic heterocycles. The van der Waals surface area contributed by atoms with Crippen LogP contribution in [0.5, 0.6) is 0 Å². The minimum atomic E-state index is -1.56. The van der Waals surface area contributed by atoms with E-state index in [0.717, 1.165) is 6.42 Å². The number of esters is 1. The van der Waals surface area contributed by atoms with Crippen LogP contribution in [0.3, 0.4) is 0 Å². The highest BCUT2D eigenvalue weighted by Gasteiger charge is 2.31. The van der Waals surface area contributed by atoms with Crippen LogP contribution in [-0.2, 0) is 9.53 Å². The molecule has 16 heavy (non-hydrogen) atoms. The van der Waals surface area contributed by atoms with Crippen LogP contribution in [0.2, 0.25) is 0 Å². The summed E-state index contributed by atoms with van der Waals surface area (Å²) in [6.07, 6.45) is 1.54. The van der Waals surface area contributed by atoms with E-state index in [1.165, 1.54) is 14.0 Å². The van der Waals surface area contributed by atoms with Gasteiger partial charge in [-0.05, 0) is 20.3 Å². The van der Waals surface area contributed by atoms with Crippen molar-refractivity contribution in [3.05, 3.63) is 0 Å². The normalized spacial score (nSPS) is 18.6. The predicted octanol–water partition coefficient (Wildman–Crippen LogP) is 0.0511. The number of carbonyl (C=O) groups excluding carboxylic acids is 1. The lowest BCUT2D eigenvalue weighted by Crippen LogP contribution is -2.49. The highest BCUT2D eigenvalue weighted by molar-refractivity contribution is 5.78. The van der Waals surface area contributed by atoms with Gasteiger partial charge in [0.25, 0.3) is 0 Å². The molecule has 0 aliphatic carbocycles. The van der Waals surface area contributed by atoms with E-state index in [0.29, 0.717) is 13.0 Å². The lowest BCUT2D eigenvalue weighted by molar-refractivity contribution is -0.160. The first-order valence-electron chi connectivity index (χ1n) is 5.49. The fraction of sp³-hybridized carbons (Fsp3) is 0.909. The van der Waals surface area contributed by atoms with Gasteiger partial charge in [-0.3, -0.25) is 0 Å². The van der Waals surface area contributed by atoms with Crippen molar-refractivity contribution in [3.63, 3.8) is 0 Å². The van der Waals surface area contributed by atoms with Crippen LogP contribution >= 0.6 is 0 Å². The van der Waals surface area contributed by atoms with Crippen molar-refractivity contribution in [3.8, 4) is 0 Å². The van der Waals surface area contributed by atoms with Crippen molar-refractivity contribution in [2.45, 2.75) is 44.8 Å². The second-order valence-corrected chi connectivity index (χ2v) is 4.62. The zero-order chi connectivity index (χ0) is 12.8. The molecule has 0 heterocycles. The van der Waals surface area contributed by atoms with Gasteiger partial charge in [-0.15, -0.1) is 0 Å².